The van der Waals surface area contributed by atoms with Crippen LogP contribution >= 0.6 is 22.9 Å². The van der Waals surface area contributed by atoms with Crippen LogP contribution in [0.4, 0.5) is 0 Å². The average molecular weight is 420 g/mol. The van der Waals surface area contributed by atoms with Crippen LogP contribution in [0.2, 0.25) is 5.02 Å². The van der Waals surface area contributed by atoms with Gasteiger partial charge in [-0.05, 0) is 63.3 Å². The number of carbonyl (C=O) groups excluding carboxylic acids is 1. The van der Waals surface area contributed by atoms with E-state index in [1.165, 1.54) is 18.4 Å². The molecule has 0 saturated carbocycles. The van der Waals surface area contributed by atoms with Gasteiger partial charge in [0, 0.05) is 36.6 Å². The highest BCUT2D eigenvalue weighted by Gasteiger charge is 2.23. The number of likely N-dealkylation sites (tertiary alicyclic amines) is 1. The Bertz CT molecular complexity index is 790. The highest BCUT2D eigenvalue weighted by Crippen LogP contribution is 2.21. The third-order valence-electron chi connectivity index (χ3n) is 5.50. The summed E-state index contributed by atoms with van der Waals surface area (Å²) in [6.07, 6.45) is 3.93. The Kier molecular flexibility index (Phi) is 7.49. The molecule has 1 saturated heterocycles. The fourth-order valence-corrected chi connectivity index (χ4v) is 4.99. The van der Waals surface area contributed by atoms with Gasteiger partial charge in [0.1, 0.15) is 0 Å². The van der Waals surface area contributed by atoms with Crippen LogP contribution in [0, 0.1) is 19.8 Å². The van der Waals surface area contributed by atoms with Gasteiger partial charge in [0.2, 0.25) is 5.91 Å². The lowest BCUT2D eigenvalue weighted by molar-refractivity contribution is -0.129. The first kappa shape index (κ1) is 21.3. The van der Waals surface area contributed by atoms with Crippen LogP contribution in [0.25, 0.3) is 0 Å². The molecule has 6 heteroatoms. The minimum Gasteiger partial charge on any atom is -0.345 e. The number of aryl methyl sites for hydroxylation is 2. The maximum atomic E-state index is 12.6. The van der Waals surface area contributed by atoms with Crippen LogP contribution in [0.5, 0.6) is 0 Å². The standard InChI is InChI=1S/C22H30ClN3OS/c1-16-21(28-17(2)24-16)13-22(27)25(3)14-19-5-4-11-26(15-19)12-10-18-6-8-20(23)9-7-18/h6-9,19H,4-5,10-15H2,1-3H3/t19-/m0/s1. The number of hydrogen-bond donors (Lipinski definition) is 0. The van der Waals surface area contributed by atoms with Crippen LogP contribution in [-0.4, -0.2) is 53.9 Å². The maximum Gasteiger partial charge on any atom is 0.227 e. The number of nitrogens with zero attached hydrogens (tertiary/aromatic N) is 3. The summed E-state index contributed by atoms with van der Waals surface area (Å²) in [5, 5.41) is 1.82. The van der Waals surface area contributed by atoms with Gasteiger partial charge in [-0.25, -0.2) is 4.98 Å². The minimum atomic E-state index is 0.199. The number of thiazole rings is 1. The molecule has 152 valence electrons. The smallest absolute Gasteiger partial charge is 0.227 e. The summed E-state index contributed by atoms with van der Waals surface area (Å²) in [5.74, 6) is 0.752. The molecule has 28 heavy (non-hydrogen) atoms. The van der Waals surface area contributed by atoms with E-state index in [4.69, 9.17) is 11.6 Å². The third-order valence-corrected chi connectivity index (χ3v) is 6.83. The third kappa shape index (κ3) is 6.03. The molecule has 1 aliphatic heterocycles. The SMILES string of the molecule is Cc1nc(C)c(CC(=O)N(C)C[C@@H]2CCCN(CCc3ccc(Cl)cc3)C2)s1. The monoisotopic (exact) mass is 419 g/mol. The second-order valence-corrected chi connectivity index (χ2v) is 9.60. The van der Waals surface area contributed by atoms with E-state index in [0.717, 1.165) is 53.2 Å². The summed E-state index contributed by atoms with van der Waals surface area (Å²) in [6, 6.07) is 8.14. The van der Waals surface area contributed by atoms with Crippen molar-refractivity contribution >= 4 is 28.8 Å². The average Bonchev–Trinajstić information content (AvgIpc) is 2.98. The van der Waals surface area contributed by atoms with Crippen LogP contribution in [0.15, 0.2) is 24.3 Å². The molecule has 2 aromatic rings. The molecule has 2 heterocycles. The maximum absolute atomic E-state index is 12.6. The number of piperidine rings is 1. The van der Waals surface area contributed by atoms with E-state index in [-0.39, 0.29) is 5.91 Å². The van der Waals surface area contributed by atoms with Crippen molar-refractivity contribution in [1.29, 1.82) is 0 Å². The fourth-order valence-electron chi connectivity index (χ4n) is 3.94. The molecular formula is C22H30ClN3OS. The van der Waals surface area contributed by atoms with Crippen LogP contribution in [0.3, 0.4) is 0 Å². The quantitative estimate of drug-likeness (QED) is 0.668. The molecule has 0 bridgehead atoms. The Morgan fingerprint density at radius 3 is 2.75 bits per heavy atom. The molecular weight excluding hydrogens is 390 g/mol. The number of likely N-dealkylation sites (N-methyl/N-ethyl adjacent to an activating group) is 1. The Morgan fingerprint density at radius 1 is 1.32 bits per heavy atom. The summed E-state index contributed by atoms with van der Waals surface area (Å²) >= 11 is 7.61. The first-order chi connectivity index (χ1) is 13.4. The van der Waals surface area contributed by atoms with Gasteiger partial charge in [0.05, 0.1) is 17.1 Å². The summed E-state index contributed by atoms with van der Waals surface area (Å²) in [5.41, 5.74) is 2.32. The molecule has 0 N–H and O–H groups in total. The van der Waals surface area contributed by atoms with Gasteiger partial charge in [0.25, 0.3) is 0 Å². The van der Waals surface area contributed by atoms with Crippen LogP contribution in [-0.2, 0) is 17.6 Å². The Labute approximate surface area is 177 Å². The highest BCUT2D eigenvalue weighted by atomic mass is 35.5. The molecule has 1 aromatic heterocycles. The topological polar surface area (TPSA) is 36.4 Å². The van der Waals surface area contributed by atoms with E-state index >= 15 is 0 Å². The van der Waals surface area contributed by atoms with Gasteiger partial charge < -0.3 is 9.80 Å². The number of benzene rings is 1. The molecule has 0 unspecified atom stereocenters. The zero-order valence-corrected chi connectivity index (χ0v) is 18.7. The second kappa shape index (κ2) is 9.86. The number of aromatic nitrogens is 1. The van der Waals surface area contributed by atoms with Gasteiger partial charge in [-0.2, -0.15) is 0 Å². The summed E-state index contributed by atoms with van der Waals surface area (Å²) in [4.78, 5) is 22.6. The molecule has 4 nitrogen and oxygen atoms in total. The van der Waals surface area contributed by atoms with Crippen molar-refractivity contribution in [2.75, 3.05) is 33.2 Å². The minimum absolute atomic E-state index is 0.199. The van der Waals surface area contributed by atoms with E-state index in [0.29, 0.717) is 12.3 Å². The largest absolute Gasteiger partial charge is 0.345 e. The molecule has 0 aliphatic carbocycles. The molecule has 1 aliphatic rings. The number of hydrogen-bond acceptors (Lipinski definition) is 4. The Hall–Kier alpha value is -1.43. The van der Waals surface area contributed by atoms with Gasteiger partial charge >= 0.3 is 0 Å². The first-order valence-corrected chi connectivity index (χ1v) is 11.2. The van der Waals surface area contributed by atoms with Crippen LogP contribution < -0.4 is 0 Å². The second-order valence-electron chi connectivity index (χ2n) is 7.88. The normalized spacial score (nSPS) is 17.6. The van der Waals surface area contributed by atoms with E-state index in [1.807, 2.05) is 37.9 Å². The van der Waals surface area contributed by atoms with E-state index < -0.39 is 0 Å². The Balaban J connectivity index is 1.46. The lowest BCUT2D eigenvalue weighted by Gasteiger charge is -2.34. The number of rotatable bonds is 7. The van der Waals surface area contributed by atoms with Crippen molar-refractivity contribution in [3.05, 3.63) is 50.4 Å². The number of amides is 1. The molecule has 0 radical (unpaired) electrons. The van der Waals surface area contributed by atoms with Gasteiger partial charge in [-0.1, -0.05) is 23.7 Å². The van der Waals surface area contributed by atoms with Gasteiger partial charge in [-0.3, -0.25) is 4.79 Å². The van der Waals surface area contributed by atoms with Crippen molar-refractivity contribution in [1.82, 2.24) is 14.8 Å². The number of carbonyl (C=O) groups is 1. The fraction of sp³-hybridized carbons (Fsp3) is 0.545. The molecule has 0 spiro atoms. The van der Waals surface area contributed by atoms with Crippen LogP contribution in [0.1, 0.15) is 34.0 Å². The molecule has 3 rings (SSSR count). The van der Waals surface area contributed by atoms with Crippen molar-refractivity contribution < 1.29 is 4.79 Å². The highest BCUT2D eigenvalue weighted by molar-refractivity contribution is 7.11. The zero-order chi connectivity index (χ0) is 20.1. The Morgan fingerprint density at radius 2 is 2.07 bits per heavy atom. The lowest BCUT2D eigenvalue weighted by atomic mass is 9.97. The van der Waals surface area contributed by atoms with Crippen molar-refractivity contribution in [3.8, 4) is 0 Å². The van der Waals surface area contributed by atoms with Gasteiger partial charge in [0.15, 0.2) is 0 Å². The van der Waals surface area contributed by atoms with E-state index in [9.17, 15) is 4.79 Å². The summed E-state index contributed by atoms with van der Waals surface area (Å²) in [6.45, 7) is 8.12. The summed E-state index contributed by atoms with van der Waals surface area (Å²) < 4.78 is 0. The molecule has 1 fully saturated rings. The predicted octanol–water partition coefficient (Wildman–Crippen LogP) is 4.37. The molecule has 1 amide bonds. The van der Waals surface area contributed by atoms with Crippen molar-refractivity contribution in [3.63, 3.8) is 0 Å². The predicted molar refractivity (Wildman–Crippen MR) is 117 cm³/mol. The lowest BCUT2D eigenvalue weighted by Crippen LogP contribution is -2.42. The van der Waals surface area contributed by atoms with Crippen molar-refractivity contribution in [2.24, 2.45) is 5.92 Å². The summed E-state index contributed by atoms with van der Waals surface area (Å²) in [7, 11) is 1.94. The molecule has 1 atom stereocenters. The molecule has 1 aromatic carbocycles. The van der Waals surface area contributed by atoms with Crippen molar-refractivity contribution in [2.45, 2.75) is 39.5 Å². The first-order valence-electron chi connectivity index (χ1n) is 10.0. The van der Waals surface area contributed by atoms with Gasteiger partial charge in [-0.15, -0.1) is 11.3 Å². The number of halogens is 1. The zero-order valence-electron chi connectivity index (χ0n) is 17.1. The van der Waals surface area contributed by atoms with E-state index in [2.05, 4.69) is 22.0 Å². The van der Waals surface area contributed by atoms with E-state index in [1.54, 1.807) is 11.3 Å².